The number of piperidine rings is 1. The van der Waals surface area contributed by atoms with E-state index in [-0.39, 0.29) is 24.0 Å². The molecule has 1 heterocycles. The first-order valence-electron chi connectivity index (χ1n) is 9.51. The summed E-state index contributed by atoms with van der Waals surface area (Å²) < 4.78 is 0. The van der Waals surface area contributed by atoms with Gasteiger partial charge in [0.2, 0.25) is 0 Å². The fourth-order valence-corrected chi connectivity index (χ4v) is 3.77. The van der Waals surface area contributed by atoms with Gasteiger partial charge in [-0.25, -0.2) is 0 Å². The first-order chi connectivity index (χ1) is 11.8. The Morgan fingerprint density at radius 1 is 1.20 bits per heavy atom. The SMILES string of the molecule is CCCN1CCC(NC(=NC)NCC2(c3ccccc3)CC2)CC1.I. The van der Waals surface area contributed by atoms with Crippen molar-refractivity contribution in [2.45, 2.75) is 50.5 Å². The van der Waals surface area contributed by atoms with Gasteiger partial charge >= 0.3 is 0 Å². The van der Waals surface area contributed by atoms with Crippen molar-refractivity contribution in [3.05, 3.63) is 35.9 Å². The van der Waals surface area contributed by atoms with Crippen LogP contribution in [-0.2, 0) is 5.41 Å². The molecule has 0 aromatic heterocycles. The number of aliphatic imine (C=N–C) groups is 1. The van der Waals surface area contributed by atoms with Gasteiger partial charge in [-0.3, -0.25) is 4.99 Å². The number of nitrogens with zero attached hydrogens (tertiary/aromatic N) is 2. The molecule has 2 N–H and O–H groups in total. The zero-order valence-corrected chi connectivity index (χ0v) is 18.0. The first-order valence-corrected chi connectivity index (χ1v) is 9.51. The van der Waals surface area contributed by atoms with Crippen LogP contribution in [0.1, 0.15) is 44.6 Å². The van der Waals surface area contributed by atoms with Crippen LogP contribution >= 0.6 is 24.0 Å². The van der Waals surface area contributed by atoms with E-state index in [1.807, 2.05) is 7.05 Å². The van der Waals surface area contributed by atoms with E-state index in [9.17, 15) is 0 Å². The van der Waals surface area contributed by atoms with E-state index < -0.39 is 0 Å². The van der Waals surface area contributed by atoms with E-state index in [1.54, 1.807) is 0 Å². The second-order valence-electron chi connectivity index (χ2n) is 7.33. The van der Waals surface area contributed by atoms with Crippen molar-refractivity contribution in [2.24, 2.45) is 4.99 Å². The molecular weight excluding hydrogens is 423 g/mol. The van der Waals surface area contributed by atoms with Gasteiger partial charge in [-0.1, -0.05) is 37.3 Å². The maximum Gasteiger partial charge on any atom is 0.191 e. The summed E-state index contributed by atoms with van der Waals surface area (Å²) in [4.78, 5) is 7.02. The molecule has 1 aromatic carbocycles. The predicted octanol–water partition coefficient (Wildman–Crippen LogP) is 3.38. The third-order valence-electron chi connectivity index (χ3n) is 5.53. The van der Waals surface area contributed by atoms with Gasteiger partial charge in [-0.2, -0.15) is 0 Å². The molecule has 1 saturated heterocycles. The van der Waals surface area contributed by atoms with Crippen molar-refractivity contribution in [1.29, 1.82) is 0 Å². The number of hydrogen-bond acceptors (Lipinski definition) is 2. The summed E-state index contributed by atoms with van der Waals surface area (Å²) in [5.41, 5.74) is 1.78. The Labute approximate surface area is 169 Å². The minimum Gasteiger partial charge on any atom is -0.356 e. The fourth-order valence-electron chi connectivity index (χ4n) is 3.77. The van der Waals surface area contributed by atoms with E-state index in [0.29, 0.717) is 11.5 Å². The topological polar surface area (TPSA) is 39.7 Å². The molecule has 0 bridgehead atoms. The molecule has 1 aliphatic heterocycles. The molecule has 3 rings (SSSR count). The van der Waals surface area contributed by atoms with Crippen molar-refractivity contribution < 1.29 is 0 Å². The quantitative estimate of drug-likeness (QED) is 0.392. The highest BCUT2D eigenvalue weighted by Gasteiger charge is 2.44. The maximum absolute atomic E-state index is 4.44. The highest BCUT2D eigenvalue weighted by atomic mass is 127. The van der Waals surface area contributed by atoms with Crippen LogP contribution in [0.15, 0.2) is 35.3 Å². The number of guanidine groups is 1. The molecule has 0 radical (unpaired) electrons. The minimum absolute atomic E-state index is 0. The molecular formula is C20H33IN4. The van der Waals surface area contributed by atoms with Crippen molar-refractivity contribution >= 4 is 29.9 Å². The number of benzene rings is 1. The summed E-state index contributed by atoms with van der Waals surface area (Å²) in [6, 6.07) is 11.5. The van der Waals surface area contributed by atoms with Gasteiger partial charge in [0.05, 0.1) is 0 Å². The summed E-state index contributed by atoms with van der Waals surface area (Å²) >= 11 is 0. The molecule has 2 aliphatic rings. The molecule has 0 spiro atoms. The summed E-state index contributed by atoms with van der Waals surface area (Å²) in [6.45, 7) is 6.88. The smallest absolute Gasteiger partial charge is 0.191 e. The molecule has 0 atom stereocenters. The summed E-state index contributed by atoms with van der Waals surface area (Å²) in [7, 11) is 1.88. The van der Waals surface area contributed by atoms with Crippen LogP contribution in [0.4, 0.5) is 0 Å². The van der Waals surface area contributed by atoms with E-state index in [4.69, 9.17) is 0 Å². The average molecular weight is 456 g/mol. The fraction of sp³-hybridized carbons (Fsp3) is 0.650. The largest absolute Gasteiger partial charge is 0.356 e. The van der Waals surface area contributed by atoms with Crippen molar-refractivity contribution in [3.63, 3.8) is 0 Å². The summed E-state index contributed by atoms with van der Waals surface area (Å²) in [5.74, 6) is 0.964. The highest BCUT2D eigenvalue weighted by molar-refractivity contribution is 14.0. The maximum atomic E-state index is 4.44. The molecule has 140 valence electrons. The van der Waals surface area contributed by atoms with Crippen LogP contribution in [0, 0.1) is 0 Å². The Morgan fingerprint density at radius 3 is 2.44 bits per heavy atom. The first kappa shape index (κ1) is 20.5. The minimum atomic E-state index is 0. The highest BCUT2D eigenvalue weighted by Crippen LogP contribution is 2.47. The van der Waals surface area contributed by atoms with Crippen LogP contribution in [0.5, 0.6) is 0 Å². The second kappa shape index (κ2) is 9.76. The van der Waals surface area contributed by atoms with Gasteiger partial charge in [0.1, 0.15) is 0 Å². The van der Waals surface area contributed by atoms with Crippen molar-refractivity contribution in [1.82, 2.24) is 15.5 Å². The average Bonchev–Trinajstić information content (AvgIpc) is 3.42. The molecule has 25 heavy (non-hydrogen) atoms. The van der Waals surface area contributed by atoms with Crippen LogP contribution in [0.3, 0.4) is 0 Å². The third-order valence-corrected chi connectivity index (χ3v) is 5.53. The summed E-state index contributed by atoms with van der Waals surface area (Å²) in [6.07, 6.45) is 6.23. The molecule has 2 fully saturated rings. The lowest BCUT2D eigenvalue weighted by Gasteiger charge is -2.33. The molecule has 1 saturated carbocycles. The monoisotopic (exact) mass is 456 g/mol. The van der Waals surface area contributed by atoms with Crippen LogP contribution in [0.25, 0.3) is 0 Å². The van der Waals surface area contributed by atoms with Gasteiger partial charge in [0.25, 0.3) is 0 Å². The van der Waals surface area contributed by atoms with Crippen LogP contribution < -0.4 is 10.6 Å². The van der Waals surface area contributed by atoms with Gasteiger partial charge in [-0.15, -0.1) is 24.0 Å². The standard InChI is InChI=1S/C20H32N4.HI/c1-3-13-24-14-9-18(10-15-24)23-19(21-2)22-16-20(11-12-20)17-7-5-4-6-8-17;/h4-8,18H,3,9-16H2,1-2H3,(H2,21,22,23);1H. The molecule has 5 heteroatoms. The Balaban J connectivity index is 0.00000225. The van der Waals surface area contributed by atoms with Crippen LogP contribution in [0.2, 0.25) is 0 Å². The lowest BCUT2D eigenvalue weighted by Crippen LogP contribution is -2.49. The Kier molecular flexibility index (Phi) is 8.00. The van der Waals surface area contributed by atoms with Crippen LogP contribution in [-0.4, -0.2) is 50.1 Å². The van der Waals surface area contributed by atoms with Crippen molar-refractivity contribution in [3.8, 4) is 0 Å². The number of halogens is 1. The van der Waals surface area contributed by atoms with Gasteiger partial charge in [0.15, 0.2) is 5.96 Å². The van der Waals surface area contributed by atoms with E-state index in [1.165, 1.54) is 57.3 Å². The lowest BCUT2D eigenvalue weighted by atomic mass is 9.96. The van der Waals surface area contributed by atoms with E-state index >= 15 is 0 Å². The number of rotatable bonds is 6. The van der Waals surface area contributed by atoms with E-state index in [0.717, 1.165) is 12.5 Å². The predicted molar refractivity (Wildman–Crippen MR) is 117 cm³/mol. The molecule has 1 aliphatic carbocycles. The summed E-state index contributed by atoms with van der Waals surface area (Å²) in [5, 5.41) is 7.21. The van der Waals surface area contributed by atoms with Gasteiger partial charge in [-0.05, 0) is 44.2 Å². The van der Waals surface area contributed by atoms with Gasteiger partial charge in [0, 0.05) is 38.1 Å². The lowest BCUT2D eigenvalue weighted by molar-refractivity contribution is 0.206. The number of hydrogen-bond donors (Lipinski definition) is 2. The van der Waals surface area contributed by atoms with Crippen molar-refractivity contribution in [2.75, 3.05) is 33.2 Å². The normalized spacial score (nSPS) is 20.6. The Bertz CT molecular complexity index is 534. The third kappa shape index (κ3) is 5.58. The Morgan fingerprint density at radius 2 is 1.88 bits per heavy atom. The molecule has 4 nitrogen and oxygen atoms in total. The zero-order valence-electron chi connectivity index (χ0n) is 15.6. The second-order valence-corrected chi connectivity index (χ2v) is 7.33. The number of nitrogens with one attached hydrogen (secondary N) is 2. The Hall–Kier alpha value is -0.820. The molecule has 1 aromatic rings. The van der Waals surface area contributed by atoms with E-state index in [2.05, 4.69) is 57.8 Å². The molecule has 0 amide bonds. The number of likely N-dealkylation sites (tertiary alicyclic amines) is 1. The molecule has 0 unspecified atom stereocenters. The zero-order chi connectivity index (χ0) is 16.8. The van der Waals surface area contributed by atoms with Gasteiger partial charge < -0.3 is 15.5 Å².